The molecular formula is C64H110N20O16. The van der Waals surface area contributed by atoms with E-state index in [0.717, 1.165) is 0 Å². The number of rotatable bonds is 48. The molecular weight excluding hydrogens is 1300 g/mol. The van der Waals surface area contributed by atoms with E-state index >= 15 is 0 Å². The van der Waals surface area contributed by atoms with Gasteiger partial charge in [0.25, 0.3) is 0 Å². The standard InChI is InChI=1S/C64H110N20O16/c1-32(2)27-40(66)55(92)77-42(20-16-26-72-64(70)71)56(93)79-44(22-24-50(68)87)59(96)83-47(30-39-17-12-11-13-18-39)62(99)81-46(29-34(5)6)61(98)80-43(21-23-49(67)86)58(95)78-41(19-14-15-25-65)57(94)84-48(31-85)63(100)82-45(28-33(3)4)60(97)76-38(10)54(91)75-37(9)53(90)74-36(8)52(89)73-35(7)51(69)88/h11-13,17-18,32-38,40-48,85H,14-16,19-31,65-66H2,1-10H3,(H2,67,86)(H2,68,87)(H2,69,88)(H,73,89)(H,74,90)(H,75,91)(H,76,97)(H,77,92)(H,78,95)(H,79,93)(H,80,98)(H,81,99)(H,82,100)(H,83,96)(H,84,94)(H4,70,71,72). The molecule has 0 aliphatic heterocycles. The molecule has 562 valence electrons. The molecule has 1 aromatic rings. The van der Waals surface area contributed by atoms with Crippen molar-refractivity contribution in [3.8, 4) is 0 Å². The molecule has 13 unspecified atom stereocenters. The number of aliphatic imine (C=N–C) groups is 1. The summed E-state index contributed by atoms with van der Waals surface area (Å²) >= 11 is 0. The Bertz CT molecular complexity index is 2950. The number of primary amides is 3. The Balaban J connectivity index is 3.58. The number of carbonyl (C=O) groups excluding carboxylic acids is 15. The van der Waals surface area contributed by atoms with Gasteiger partial charge in [-0.3, -0.25) is 76.9 Å². The fraction of sp³-hybridized carbons (Fsp3) is 0.656. The summed E-state index contributed by atoms with van der Waals surface area (Å²) in [7, 11) is 0. The van der Waals surface area contributed by atoms with Crippen molar-refractivity contribution in [3.63, 3.8) is 0 Å². The molecule has 13 atom stereocenters. The molecule has 1 aromatic carbocycles. The summed E-state index contributed by atoms with van der Waals surface area (Å²) in [6, 6.07) is -9.53. The highest BCUT2D eigenvalue weighted by atomic mass is 16.3. The predicted octanol–water partition coefficient (Wildman–Crippen LogP) is -6.22. The second-order valence-corrected chi connectivity index (χ2v) is 25.9. The van der Waals surface area contributed by atoms with Crippen molar-refractivity contribution in [2.45, 2.75) is 231 Å². The summed E-state index contributed by atoms with van der Waals surface area (Å²) in [5.41, 5.74) is 39.6. The molecule has 0 fully saturated rings. The lowest BCUT2D eigenvalue weighted by atomic mass is 9.99. The van der Waals surface area contributed by atoms with Crippen LogP contribution in [0, 0.1) is 17.8 Å². The summed E-state index contributed by atoms with van der Waals surface area (Å²) in [5.74, 6) is -14.1. The van der Waals surface area contributed by atoms with Crippen LogP contribution in [0.1, 0.15) is 152 Å². The highest BCUT2D eigenvalue weighted by Gasteiger charge is 2.37. The third-order valence-corrected chi connectivity index (χ3v) is 15.3. The van der Waals surface area contributed by atoms with Crippen molar-refractivity contribution in [2.75, 3.05) is 19.7 Å². The largest absolute Gasteiger partial charge is 0.394 e. The second kappa shape index (κ2) is 45.9. The van der Waals surface area contributed by atoms with E-state index in [1.54, 1.807) is 58.0 Å². The first-order chi connectivity index (χ1) is 46.8. The monoisotopic (exact) mass is 1410 g/mol. The average Bonchev–Trinajstić information content (AvgIpc) is 0.856. The molecule has 0 aliphatic carbocycles. The first kappa shape index (κ1) is 88.4. The number of hydrogen-bond donors (Lipinski definition) is 20. The lowest BCUT2D eigenvalue weighted by molar-refractivity contribution is -0.137. The van der Waals surface area contributed by atoms with Crippen molar-refractivity contribution in [3.05, 3.63) is 35.9 Å². The van der Waals surface area contributed by atoms with E-state index in [1.165, 1.54) is 27.7 Å². The van der Waals surface area contributed by atoms with E-state index in [0.29, 0.717) is 12.0 Å². The Morgan fingerprint density at radius 1 is 0.380 bits per heavy atom. The Kier molecular flexibility index (Phi) is 40.6. The minimum Gasteiger partial charge on any atom is -0.394 e. The number of aliphatic hydroxyl groups is 1. The summed E-state index contributed by atoms with van der Waals surface area (Å²) in [6.45, 7) is 15.0. The Morgan fingerprint density at radius 2 is 0.710 bits per heavy atom. The Hall–Kier alpha value is -9.58. The molecule has 0 spiro atoms. The van der Waals surface area contributed by atoms with Crippen LogP contribution in [0.5, 0.6) is 0 Å². The van der Waals surface area contributed by atoms with Gasteiger partial charge < -0.3 is 109 Å². The lowest BCUT2D eigenvalue weighted by Crippen LogP contribution is -2.61. The van der Waals surface area contributed by atoms with Crippen molar-refractivity contribution in [1.82, 2.24) is 63.8 Å². The smallest absolute Gasteiger partial charge is 0.245 e. The van der Waals surface area contributed by atoms with Gasteiger partial charge in [0, 0.05) is 25.8 Å². The number of nitrogens with one attached hydrogen (secondary N) is 12. The van der Waals surface area contributed by atoms with E-state index in [1.807, 2.05) is 13.8 Å². The molecule has 0 radical (unpaired) electrons. The molecule has 36 heteroatoms. The highest BCUT2D eigenvalue weighted by Crippen LogP contribution is 2.14. The normalized spacial score (nSPS) is 15.0. The molecule has 0 heterocycles. The first-order valence-electron chi connectivity index (χ1n) is 33.5. The Morgan fingerprint density at radius 3 is 1.10 bits per heavy atom. The maximum Gasteiger partial charge on any atom is 0.245 e. The summed E-state index contributed by atoms with van der Waals surface area (Å²) < 4.78 is 0. The van der Waals surface area contributed by atoms with E-state index in [2.05, 4.69) is 68.8 Å². The average molecular weight is 1420 g/mol. The third kappa shape index (κ3) is 35.3. The van der Waals surface area contributed by atoms with Crippen molar-refractivity contribution in [1.29, 1.82) is 0 Å². The minimum atomic E-state index is -1.77. The number of unbranched alkanes of at least 4 members (excludes halogenated alkanes) is 1. The van der Waals surface area contributed by atoms with Crippen LogP contribution in [0.2, 0.25) is 0 Å². The maximum absolute atomic E-state index is 14.7. The van der Waals surface area contributed by atoms with Gasteiger partial charge in [0.05, 0.1) is 12.6 Å². The number of hydrogen-bond acceptors (Lipinski definition) is 19. The molecule has 27 N–H and O–H groups in total. The van der Waals surface area contributed by atoms with Crippen LogP contribution in [-0.4, -0.2) is 198 Å². The fourth-order valence-corrected chi connectivity index (χ4v) is 9.70. The SMILES string of the molecule is CC(C)CC(N)C(=O)NC(CCCN=C(N)N)C(=O)NC(CCC(N)=O)C(=O)NC(Cc1ccccc1)C(=O)NC(CC(C)C)C(=O)NC(CCC(N)=O)C(=O)NC(CCCCN)C(=O)NC(CO)C(=O)NC(CC(C)C)C(=O)NC(C)C(=O)NC(C)C(=O)NC(C)C(=O)NC(C)C(N)=O. The fourth-order valence-electron chi connectivity index (χ4n) is 9.70. The van der Waals surface area contributed by atoms with Crippen molar-refractivity contribution >= 4 is 94.6 Å². The van der Waals surface area contributed by atoms with Gasteiger partial charge in [-0.1, -0.05) is 71.9 Å². The van der Waals surface area contributed by atoms with Gasteiger partial charge in [0.1, 0.15) is 72.5 Å². The van der Waals surface area contributed by atoms with Crippen LogP contribution in [0.3, 0.4) is 0 Å². The molecule has 0 aliphatic rings. The minimum absolute atomic E-state index is 0.0134. The zero-order valence-corrected chi connectivity index (χ0v) is 59.0. The maximum atomic E-state index is 14.7. The second-order valence-electron chi connectivity index (χ2n) is 25.9. The number of benzene rings is 1. The zero-order valence-electron chi connectivity index (χ0n) is 59.0. The Labute approximate surface area is 583 Å². The molecule has 0 aromatic heterocycles. The molecule has 0 bridgehead atoms. The van der Waals surface area contributed by atoms with Crippen LogP contribution in [0.4, 0.5) is 0 Å². The first-order valence-corrected chi connectivity index (χ1v) is 33.5. The topological polar surface area (TPSA) is 615 Å². The number of aliphatic hydroxyl groups excluding tert-OH is 1. The number of amides is 15. The summed E-state index contributed by atoms with van der Waals surface area (Å²) in [6.07, 6.45) is -1.23. The predicted molar refractivity (Wildman–Crippen MR) is 368 cm³/mol. The molecule has 15 amide bonds. The summed E-state index contributed by atoms with van der Waals surface area (Å²) in [5, 5.41) is 40.5. The van der Waals surface area contributed by atoms with Crippen LogP contribution in [-0.2, 0) is 78.3 Å². The molecule has 100 heavy (non-hydrogen) atoms. The van der Waals surface area contributed by atoms with Crippen molar-refractivity contribution in [2.24, 2.45) is 62.9 Å². The van der Waals surface area contributed by atoms with Crippen LogP contribution in [0.25, 0.3) is 0 Å². The van der Waals surface area contributed by atoms with Crippen LogP contribution in [0.15, 0.2) is 35.3 Å². The van der Waals surface area contributed by atoms with E-state index in [4.69, 9.17) is 40.1 Å². The molecule has 0 saturated carbocycles. The van der Waals surface area contributed by atoms with Gasteiger partial charge in [-0.2, -0.15) is 0 Å². The quantitative estimate of drug-likeness (QED) is 0.0164. The highest BCUT2D eigenvalue weighted by molar-refractivity contribution is 6.00. The van der Waals surface area contributed by atoms with Crippen molar-refractivity contribution < 1.29 is 77.0 Å². The van der Waals surface area contributed by atoms with Gasteiger partial charge in [0.2, 0.25) is 88.6 Å². The third-order valence-electron chi connectivity index (χ3n) is 15.3. The number of nitrogens with two attached hydrogens (primary N) is 7. The number of guanidine groups is 1. The van der Waals surface area contributed by atoms with Crippen LogP contribution < -0.4 is 104 Å². The van der Waals surface area contributed by atoms with E-state index in [9.17, 15) is 77.0 Å². The van der Waals surface area contributed by atoms with Gasteiger partial charge in [-0.25, -0.2) is 0 Å². The van der Waals surface area contributed by atoms with Crippen LogP contribution >= 0.6 is 0 Å². The molecule has 1 rings (SSSR count). The van der Waals surface area contributed by atoms with Gasteiger partial charge >= 0.3 is 0 Å². The molecule has 36 nitrogen and oxygen atoms in total. The number of carbonyl (C=O) groups is 15. The number of nitrogens with zero attached hydrogens (tertiary/aromatic N) is 1. The lowest BCUT2D eigenvalue weighted by Gasteiger charge is -2.29. The van der Waals surface area contributed by atoms with E-state index in [-0.39, 0.29) is 94.6 Å². The van der Waals surface area contributed by atoms with Gasteiger partial charge in [-0.15, -0.1) is 0 Å². The van der Waals surface area contributed by atoms with E-state index < -0.39 is 193 Å². The zero-order chi connectivity index (χ0) is 76.1. The van der Waals surface area contributed by atoms with Gasteiger partial charge in [-0.05, 0) is 122 Å². The van der Waals surface area contributed by atoms with Gasteiger partial charge in [0.15, 0.2) is 5.96 Å². The molecule has 0 saturated heterocycles. The summed E-state index contributed by atoms with van der Waals surface area (Å²) in [4.78, 5) is 205.